The molecular weight excluding hydrogens is 428 g/mol. The zero-order valence-electron chi connectivity index (χ0n) is 18.2. The smallest absolute Gasteiger partial charge is 0.259 e. The lowest BCUT2D eigenvalue weighted by Gasteiger charge is -2.21. The van der Waals surface area contributed by atoms with Crippen LogP contribution >= 0.6 is 23.1 Å². The maximum absolute atomic E-state index is 12.7. The Bertz CT molecular complexity index is 1130. The zero-order valence-corrected chi connectivity index (χ0v) is 19.9. The van der Waals surface area contributed by atoms with Gasteiger partial charge >= 0.3 is 0 Å². The molecule has 1 aliphatic rings. The van der Waals surface area contributed by atoms with Crippen LogP contribution in [0, 0.1) is 0 Å². The van der Waals surface area contributed by atoms with Gasteiger partial charge in [0.2, 0.25) is 5.91 Å². The molecule has 164 valence electrons. The van der Waals surface area contributed by atoms with Crippen LogP contribution in [0.15, 0.2) is 29.1 Å². The molecule has 4 rings (SSSR count). The second-order valence-electron chi connectivity index (χ2n) is 8.01. The van der Waals surface area contributed by atoms with Crippen LogP contribution in [0.4, 0.5) is 5.69 Å². The quantitative estimate of drug-likeness (QED) is 0.558. The van der Waals surface area contributed by atoms with Crippen molar-refractivity contribution < 1.29 is 4.79 Å². The zero-order chi connectivity index (χ0) is 22.0. The van der Waals surface area contributed by atoms with Crippen molar-refractivity contribution in [2.24, 2.45) is 0 Å². The Morgan fingerprint density at radius 2 is 2.00 bits per heavy atom. The van der Waals surface area contributed by atoms with Gasteiger partial charge in [-0.2, -0.15) is 0 Å². The highest BCUT2D eigenvalue weighted by molar-refractivity contribution is 7.99. The molecule has 2 aromatic heterocycles. The molecule has 6 nitrogen and oxygen atoms in total. The third kappa shape index (κ3) is 4.80. The van der Waals surface area contributed by atoms with Crippen molar-refractivity contribution in [3.05, 3.63) is 56.4 Å². The minimum atomic E-state index is -0.0392. The summed E-state index contributed by atoms with van der Waals surface area (Å²) in [5, 5.41) is 0.778. The number of rotatable bonds is 8. The van der Waals surface area contributed by atoms with Gasteiger partial charge in [0.05, 0.1) is 16.9 Å². The molecule has 0 saturated carbocycles. The van der Waals surface area contributed by atoms with Crippen LogP contribution in [0.5, 0.6) is 0 Å². The van der Waals surface area contributed by atoms with E-state index in [0.29, 0.717) is 30.4 Å². The molecule has 1 amide bonds. The number of carbonyl (C=O) groups excluding carboxylic acids is 1. The lowest BCUT2D eigenvalue weighted by molar-refractivity contribution is -0.128. The summed E-state index contributed by atoms with van der Waals surface area (Å²) >= 11 is 3.15. The molecule has 1 aromatic carbocycles. The minimum absolute atomic E-state index is 0.0392. The van der Waals surface area contributed by atoms with Crippen molar-refractivity contribution in [2.75, 3.05) is 31.3 Å². The Hall–Kier alpha value is -2.32. The topological polar surface area (TPSA) is 69.3 Å². The van der Waals surface area contributed by atoms with E-state index in [1.807, 2.05) is 25.9 Å². The predicted molar refractivity (Wildman–Crippen MR) is 130 cm³/mol. The number of hydrogen-bond acceptors (Lipinski definition) is 6. The summed E-state index contributed by atoms with van der Waals surface area (Å²) in [6.07, 6.45) is 3.16. The predicted octanol–water partition coefficient (Wildman–Crippen LogP) is 3.82. The summed E-state index contributed by atoms with van der Waals surface area (Å²) in [4.78, 5) is 39.0. The highest BCUT2D eigenvalue weighted by Crippen LogP contribution is 2.34. The molecule has 0 saturated heterocycles. The number of amides is 1. The normalized spacial score (nSPS) is 12.9. The molecule has 0 aliphatic heterocycles. The Kier molecular flexibility index (Phi) is 6.67. The van der Waals surface area contributed by atoms with E-state index in [4.69, 9.17) is 0 Å². The van der Waals surface area contributed by atoms with E-state index in [1.54, 1.807) is 11.3 Å². The monoisotopic (exact) mass is 456 g/mol. The van der Waals surface area contributed by atoms with Gasteiger partial charge in [0, 0.05) is 37.7 Å². The number of benzene rings is 1. The van der Waals surface area contributed by atoms with Crippen LogP contribution in [0.1, 0.15) is 35.2 Å². The molecule has 31 heavy (non-hydrogen) atoms. The maximum Gasteiger partial charge on any atom is 0.259 e. The summed E-state index contributed by atoms with van der Waals surface area (Å²) < 4.78 is 0. The number of hydrogen-bond donors (Lipinski definition) is 1. The average Bonchev–Trinajstić information content (AvgIpc) is 3.33. The van der Waals surface area contributed by atoms with Crippen molar-refractivity contribution in [1.29, 1.82) is 0 Å². The summed E-state index contributed by atoms with van der Waals surface area (Å²) in [6.45, 7) is 3.27. The first-order valence-electron chi connectivity index (χ1n) is 10.6. The van der Waals surface area contributed by atoms with Crippen LogP contribution in [0.25, 0.3) is 10.2 Å². The van der Waals surface area contributed by atoms with E-state index in [2.05, 4.69) is 39.1 Å². The lowest BCUT2D eigenvalue weighted by atomic mass is 10.2. The third-order valence-electron chi connectivity index (χ3n) is 5.65. The first kappa shape index (κ1) is 21.9. The number of carbonyl (C=O) groups is 1. The molecule has 0 atom stereocenters. The Labute approximate surface area is 190 Å². The fourth-order valence-electron chi connectivity index (χ4n) is 3.94. The standard InChI is InChI=1S/C23H28N4O2S2/c1-4-27(12-15-8-10-16(11-9-15)26(2)3)20(28)14-30-13-19-24-22(29)21-17-6-5-7-18(17)31-23(21)25-19/h8-11H,4-7,12-14H2,1-3H3,(H,24,25,29). The van der Waals surface area contributed by atoms with E-state index in [9.17, 15) is 9.59 Å². The number of H-pyrrole nitrogens is 1. The van der Waals surface area contributed by atoms with Gasteiger partial charge in [-0.15, -0.1) is 23.1 Å². The van der Waals surface area contributed by atoms with Crippen molar-refractivity contribution in [2.45, 2.75) is 38.5 Å². The van der Waals surface area contributed by atoms with E-state index in [1.165, 1.54) is 22.2 Å². The number of aromatic amines is 1. The summed E-state index contributed by atoms with van der Waals surface area (Å²) in [6, 6.07) is 8.28. The fraction of sp³-hybridized carbons (Fsp3) is 0.435. The number of thiophene rings is 1. The van der Waals surface area contributed by atoms with E-state index >= 15 is 0 Å². The third-order valence-corrected chi connectivity index (χ3v) is 7.76. The van der Waals surface area contributed by atoms with Crippen molar-refractivity contribution >= 4 is 44.9 Å². The second kappa shape index (κ2) is 9.44. The van der Waals surface area contributed by atoms with Gasteiger partial charge in [-0.25, -0.2) is 4.98 Å². The van der Waals surface area contributed by atoms with Crippen LogP contribution in [-0.4, -0.2) is 47.2 Å². The Balaban J connectivity index is 1.35. The Morgan fingerprint density at radius 1 is 1.23 bits per heavy atom. The molecule has 0 unspecified atom stereocenters. The van der Waals surface area contributed by atoms with Crippen LogP contribution in [-0.2, 0) is 29.9 Å². The summed E-state index contributed by atoms with van der Waals surface area (Å²) in [5.74, 6) is 1.64. The summed E-state index contributed by atoms with van der Waals surface area (Å²) in [5.41, 5.74) is 3.42. The maximum atomic E-state index is 12.7. The molecule has 2 heterocycles. The first-order valence-corrected chi connectivity index (χ1v) is 12.6. The number of aromatic nitrogens is 2. The molecule has 0 bridgehead atoms. The SMILES string of the molecule is CCN(Cc1ccc(N(C)C)cc1)C(=O)CSCc1nc2sc3c(c2c(=O)[nH]1)CCC3. The molecule has 0 spiro atoms. The number of nitrogens with one attached hydrogen (secondary N) is 1. The molecular formula is C23H28N4O2S2. The van der Waals surface area contributed by atoms with Gasteiger partial charge in [-0.1, -0.05) is 12.1 Å². The average molecular weight is 457 g/mol. The largest absolute Gasteiger partial charge is 0.378 e. The van der Waals surface area contributed by atoms with Crippen LogP contribution in [0.2, 0.25) is 0 Å². The minimum Gasteiger partial charge on any atom is -0.378 e. The molecule has 1 aliphatic carbocycles. The van der Waals surface area contributed by atoms with Gasteiger partial charge in [0.25, 0.3) is 5.56 Å². The van der Waals surface area contributed by atoms with Gasteiger partial charge in [0.1, 0.15) is 10.7 Å². The van der Waals surface area contributed by atoms with Gasteiger partial charge in [0.15, 0.2) is 0 Å². The number of fused-ring (bicyclic) bond motifs is 3. The van der Waals surface area contributed by atoms with Crippen LogP contribution in [0.3, 0.4) is 0 Å². The van der Waals surface area contributed by atoms with Crippen molar-refractivity contribution in [3.63, 3.8) is 0 Å². The van der Waals surface area contributed by atoms with Gasteiger partial charge < -0.3 is 14.8 Å². The van der Waals surface area contributed by atoms with Gasteiger partial charge in [-0.3, -0.25) is 9.59 Å². The number of thioether (sulfide) groups is 1. The Morgan fingerprint density at radius 3 is 2.71 bits per heavy atom. The summed E-state index contributed by atoms with van der Waals surface area (Å²) in [7, 11) is 4.03. The second-order valence-corrected chi connectivity index (χ2v) is 10.1. The highest BCUT2D eigenvalue weighted by Gasteiger charge is 2.21. The van der Waals surface area contributed by atoms with E-state index < -0.39 is 0 Å². The van der Waals surface area contributed by atoms with Crippen LogP contribution < -0.4 is 10.5 Å². The van der Waals surface area contributed by atoms with Crippen molar-refractivity contribution in [1.82, 2.24) is 14.9 Å². The van der Waals surface area contributed by atoms with E-state index in [-0.39, 0.29) is 11.5 Å². The van der Waals surface area contributed by atoms with Gasteiger partial charge in [-0.05, 0) is 49.4 Å². The molecule has 3 aromatic rings. The molecule has 8 heteroatoms. The van der Waals surface area contributed by atoms with E-state index in [0.717, 1.165) is 40.7 Å². The molecule has 0 radical (unpaired) electrons. The highest BCUT2D eigenvalue weighted by atomic mass is 32.2. The lowest BCUT2D eigenvalue weighted by Crippen LogP contribution is -2.31. The molecule has 0 fully saturated rings. The number of anilines is 1. The fourth-order valence-corrected chi connectivity index (χ4v) is 6.01. The number of nitrogens with zero attached hydrogens (tertiary/aromatic N) is 3. The van der Waals surface area contributed by atoms with Crippen molar-refractivity contribution in [3.8, 4) is 0 Å². The molecule has 1 N–H and O–H groups in total. The first-order chi connectivity index (χ1) is 15.0. The number of aryl methyl sites for hydroxylation is 2.